The van der Waals surface area contributed by atoms with E-state index in [4.69, 9.17) is 0 Å². The lowest BCUT2D eigenvalue weighted by molar-refractivity contribution is -0.113. The summed E-state index contributed by atoms with van der Waals surface area (Å²) in [5, 5.41) is 5.42. The Morgan fingerprint density at radius 3 is 2.54 bits per heavy atom. The number of nitrogens with one attached hydrogen (secondary N) is 1. The molecule has 0 unspecified atom stereocenters. The number of rotatable bonds is 4. The van der Waals surface area contributed by atoms with Gasteiger partial charge in [0.05, 0.1) is 5.75 Å². The van der Waals surface area contributed by atoms with Crippen LogP contribution < -0.4 is 5.32 Å². The zero-order valence-electron chi connectivity index (χ0n) is 13.6. The molecule has 0 saturated carbocycles. The van der Waals surface area contributed by atoms with Gasteiger partial charge in [-0.05, 0) is 60.0 Å². The van der Waals surface area contributed by atoms with E-state index in [9.17, 15) is 4.79 Å². The molecule has 0 bridgehead atoms. The van der Waals surface area contributed by atoms with E-state index in [2.05, 4.69) is 51.6 Å². The van der Waals surface area contributed by atoms with Crippen LogP contribution in [-0.4, -0.2) is 11.7 Å². The summed E-state index contributed by atoms with van der Waals surface area (Å²) in [4.78, 5) is 13.4. The van der Waals surface area contributed by atoms with Crippen molar-refractivity contribution in [2.75, 3.05) is 11.1 Å². The number of halogens is 1. The first-order valence-electron chi connectivity index (χ1n) is 7.72. The largest absolute Gasteiger partial charge is 0.325 e. The highest BCUT2D eigenvalue weighted by Gasteiger charge is 2.09. The van der Waals surface area contributed by atoms with Crippen LogP contribution in [0.3, 0.4) is 0 Å². The SMILES string of the molecule is Cc1c(Br)ccc(NC(=O)CSc2ccc3ccccc3c2)c1C. The van der Waals surface area contributed by atoms with E-state index < -0.39 is 0 Å². The highest BCUT2D eigenvalue weighted by atomic mass is 79.9. The third kappa shape index (κ3) is 3.82. The Morgan fingerprint density at radius 1 is 1.00 bits per heavy atom. The molecule has 0 spiro atoms. The van der Waals surface area contributed by atoms with E-state index in [-0.39, 0.29) is 5.91 Å². The molecule has 0 aromatic heterocycles. The molecule has 0 aliphatic rings. The second-order valence-corrected chi connectivity index (χ2v) is 7.59. The Hall–Kier alpha value is -1.78. The van der Waals surface area contributed by atoms with Gasteiger partial charge in [-0.15, -0.1) is 11.8 Å². The van der Waals surface area contributed by atoms with Crippen molar-refractivity contribution in [1.82, 2.24) is 0 Å². The van der Waals surface area contributed by atoms with Crippen molar-refractivity contribution in [3.63, 3.8) is 0 Å². The van der Waals surface area contributed by atoms with E-state index in [1.165, 1.54) is 10.8 Å². The molecule has 24 heavy (non-hydrogen) atoms. The first kappa shape index (κ1) is 17.1. The molecule has 0 atom stereocenters. The molecular formula is C20H18BrNOS. The van der Waals surface area contributed by atoms with Gasteiger partial charge >= 0.3 is 0 Å². The fourth-order valence-electron chi connectivity index (χ4n) is 2.52. The zero-order chi connectivity index (χ0) is 17.1. The lowest BCUT2D eigenvalue weighted by Crippen LogP contribution is -2.15. The lowest BCUT2D eigenvalue weighted by Gasteiger charge is -2.12. The van der Waals surface area contributed by atoms with Crippen molar-refractivity contribution in [1.29, 1.82) is 0 Å². The summed E-state index contributed by atoms with van der Waals surface area (Å²) in [7, 11) is 0. The molecule has 0 aliphatic carbocycles. The maximum atomic E-state index is 12.3. The number of fused-ring (bicyclic) bond motifs is 1. The summed E-state index contributed by atoms with van der Waals surface area (Å²) in [6.07, 6.45) is 0. The molecule has 0 radical (unpaired) electrons. The number of hydrogen-bond donors (Lipinski definition) is 1. The van der Waals surface area contributed by atoms with Crippen LogP contribution in [0.2, 0.25) is 0 Å². The van der Waals surface area contributed by atoms with Crippen LogP contribution >= 0.6 is 27.7 Å². The molecule has 0 saturated heterocycles. The molecule has 1 N–H and O–H groups in total. The molecule has 3 rings (SSSR count). The average Bonchev–Trinajstić information content (AvgIpc) is 2.60. The summed E-state index contributed by atoms with van der Waals surface area (Å²) in [5.41, 5.74) is 3.11. The summed E-state index contributed by atoms with van der Waals surface area (Å²) in [6.45, 7) is 4.06. The second-order valence-electron chi connectivity index (χ2n) is 5.69. The van der Waals surface area contributed by atoms with Crippen molar-refractivity contribution in [3.05, 3.63) is 70.2 Å². The van der Waals surface area contributed by atoms with Crippen molar-refractivity contribution in [2.45, 2.75) is 18.7 Å². The third-order valence-corrected chi connectivity index (χ3v) is 5.94. The van der Waals surface area contributed by atoms with Crippen LogP contribution in [0.15, 0.2) is 64.0 Å². The van der Waals surface area contributed by atoms with Crippen LogP contribution in [0.4, 0.5) is 5.69 Å². The first-order valence-corrected chi connectivity index (χ1v) is 9.49. The molecule has 122 valence electrons. The molecule has 0 heterocycles. The summed E-state index contributed by atoms with van der Waals surface area (Å²) < 4.78 is 1.06. The number of amides is 1. The van der Waals surface area contributed by atoms with Crippen molar-refractivity contribution in [3.8, 4) is 0 Å². The fraction of sp³-hybridized carbons (Fsp3) is 0.150. The second kappa shape index (κ2) is 7.41. The van der Waals surface area contributed by atoms with Crippen molar-refractivity contribution in [2.24, 2.45) is 0 Å². The molecule has 3 aromatic carbocycles. The Kier molecular flexibility index (Phi) is 5.27. The van der Waals surface area contributed by atoms with Gasteiger partial charge in [-0.2, -0.15) is 0 Å². The predicted octanol–water partition coefficient (Wildman–Crippen LogP) is 5.95. The van der Waals surface area contributed by atoms with E-state index in [1.54, 1.807) is 11.8 Å². The van der Waals surface area contributed by atoms with Crippen molar-refractivity contribution >= 4 is 50.1 Å². The molecule has 4 heteroatoms. The fourth-order valence-corrected chi connectivity index (χ4v) is 3.69. The maximum Gasteiger partial charge on any atom is 0.234 e. The van der Waals surface area contributed by atoms with Gasteiger partial charge in [-0.1, -0.05) is 46.3 Å². The number of carbonyl (C=O) groups is 1. The predicted molar refractivity (Wildman–Crippen MR) is 107 cm³/mol. The summed E-state index contributed by atoms with van der Waals surface area (Å²) in [6, 6.07) is 18.4. The minimum Gasteiger partial charge on any atom is -0.325 e. The lowest BCUT2D eigenvalue weighted by atomic mass is 10.1. The van der Waals surface area contributed by atoms with Crippen LogP contribution in [0.1, 0.15) is 11.1 Å². The number of thioether (sulfide) groups is 1. The highest BCUT2D eigenvalue weighted by molar-refractivity contribution is 9.10. The van der Waals surface area contributed by atoms with Gasteiger partial charge in [0.25, 0.3) is 0 Å². The molecule has 3 aromatic rings. The van der Waals surface area contributed by atoms with Gasteiger partial charge in [0.2, 0.25) is 5.91 Å². The molecule has 0 fully saturated rings. The summed E-state index contributed by atoms with van der Waals surface area (Å²) >= 11 is 5.07. The van der Waals surface area contributed by atoms with Gasteiger partial charge in [-0.25, -0.2) is 0 Å². The Morgan fingerprint density at radius 2 is 1.75 bits per heavy atom. The van der Waals surface area contributed by atoms with E-state index in [0.717, 1.165) is 26.2 Å². The van der Waals surface area contributed by atoms with Crippen LogP contribution in [0, 0.1) is 13.8 Å². The Labute approximate surface area is 154 Å². The van der Waals surface area contributed by atoms with E-state index in [1.807, 2.05) is 38.1 Å². The zero-order valence-corrected chi connectivity index (χ0v) is 16.0. The third-order valence-electron chi connectivity index (χ3n) is 4.09. The minimum atomic E-state index is 0.0120. The topological polar surface area (TPSA) is 29.1 Å². The van der Waals surface area contributed by atoms with Gasteiger partial charge in [-0.3, -0.25) is 4.79 Å². The van der Waals surface area contributed by atoms with E-state index in [0.29, 0.717) is 5.75 Å². The number of anilines is 1. The molecule has 1 amide bonds. The minimum absolute atomic E-state index is 0.0120. The number of benzene rings is 3. The highest BCUT2D eigenvalue weighted by Crippen LogP contribution is 2.27. The van der Waals surface area contributed by atoms with Crippen molar-refractivity contribution < 1.29 is 4.79 Å². The quantitative estimate of drug-likeness (QED) is 0.549. The standard InChI is InChI=1S/C20H18BrNOS/c1-13-14(2)19(10-9-18(13)21)22-20(23)12-24-17-8-7-15-5-3-4-6-16(15)11-17/h3-11H,12H2,1-2H3,(H,22,23). The Bertz CT molecular complexity index is 907. The molecule has 0 aliphatic heterocycles. The molecule has 2 nitrogen and oxygen atoms in total. The van der Waals surface area contributed by atoms with Gasteiger partial charge in [0.15, 0.2) is 0 Å². The van der Waals surface area contributed by atoms with Gasteiger partial charge in [0, 0.05) is 15.1 Å². The van der Waals surface area contributed by atoms with E-state index >= 15 is 0 Å². The van der Waals surface area contributed by atoms with Gasteiger partial charge in [0.1, 0.15) is 0 Å². The first-order chi connectivity index (χ1) is 11.5. The molecular weight excluding hydrogens is 382 g/mol. The smallest absolute Gasteiger partial charge is 0.234 e. The number of hydrogen-bond acceptors (Lipinski definition) is 2. The van der Waals surface area contributed by atoms with Crippen LogP contribution in [0.5, 0.6) is 0 Å². The van der Waals surface area contributed by atoms with Gasteiger partial charge < -0.3 is 5.32 Å². The monoisotopic (exact) mass is 399 g/mol. The Balaban J connectivity index is 1.65. The summed E-state index contributed by atoms with van der Waals surface area (Å²) in [5.74, 6) is 0.408. The van der Waals surface area contributed by atoms with Crippen LogP contribution in [-0.2, 0) is 4.79 Å². The van der Waals surface area contributed by atoms with Crippen LogP contribution in [0.25, 0.3) is 10.8 Å². The normalized spacial score (nSPS) is 10.8. The maximum absolute atomic E-state index is 12.3. The average molecular weight is 400 g/mol. The number of carbonyl (C=O) groups excluding carboxylic acids is 1.